The molecule has 0 atom stereocenters. The van der Waals surface area contributed by atoms with E-state index >= 15 is 0 Å². The zero-order chi connectivity index (χ0) is 8.69. The van der Waals surface area contributed by atoms with E-state index in [1.54, 1.807) is 5.57 Å². The molecule has 0 aromatic carbocycles. The Morgan fingerprint density at radius 3 is 2.09 bits per heavy atom. The highest BCUT2D eigenvalue weighted by molar-refractivity contribution is 5.08. The average molecular weight is 152 g/mol. The Bertz CT molecular complexity index is 143. The first-order valence-electron chi connectivity index (χ1n) is 4.54. The SMILES string of the molecule is CC=C(C)CC=C(CC)CC. The summed E-state index contributed by atoms with van der Waals surface area (Å²) in [5.41, 5.74) is 3.04. The van der Waals surface area contributed by atoms with E-state index in [1.807, 2.05) is 0 Å². The summed E-state index contributed by atoms with van der Waals surface area (Å²) >= 11 is 0. The first-order chi connectivity index (χ1) is 5.24. The van der Waals surface area contributed by atoms with Crippen molar-refractivity contribution in [2.75, 3.05) is 0 Å². The number of hydrogen-bond acceptors (Lipinski definition) is 0. The van der Waals surface area contributed by atoms with Crippen molar-refractivity contribution in [3.63, 3.8) is 0 Å². The van der Waals surface area contributed by atoms with Gasteiger partial charge in [-0.3, -0.25) is 0 Å². The predicted molar refractivity (Wildman–Crippen MR) is 52.7 cm³/mol. The van der Waals surface area contributed by atoms with Gasteiger partial charge in [-0.1, -0.05) is 37.1 Å². The van der Waals surface area contributed by atoms with Crippen LogP contribution in [0, 0.1) is 0 Å². The van der Waals surface area contributed by atoms with Crippen LogP contribution in [0.15, 0.2) is 23.3 Å². The van der Waals surface area contributed by atoms with Crippen LogP contribution in [0.5, 0.6) is 0 Å². The smallest absolute Gasteiger partial charge is 0.0139 e. The Kier molecular flexibility index (Phi) is 5.91. The molecule has 0 radical (unpaired) electrons. The molecule has 0 spiro atoms. The van der Waals surface area contributed by atoms with Gasteiger partial charge < -0.3 is 0 Å². The van der Waals surface area contributed by atoms with Gasteiger partial charge in [0, 0.05) is 0 Å². The molecule has 11 heavy (non-hydrogen) atoms. The van der Waals surface area contributed by atoms with Gasteiger partial charge in [0.25, 0.3) is 0 Å². The molecule has 0 N–H and O–H groups in total. The molecule has 0 amide bonds. The van der Waals surface area contributed by atoms with Crippen LogP contribution < -0.4 is 0 Å². The van der Waals surface area contributed by atoms with Gasteiger partial charge in [0.15, 0.2) is 0 Å². The molecule has 0 nitrogen and oxygen atoms in total. The van der Waals surface area contributed by atoms with Gasteiger partial charge in [-0.2, -0.15) is 0 Å². The van der Waals surface area contributed by atoms with Gasteiger partial charge in [0.2, 0.25) is 0 Å². The van der Waals surface area contributed by atoms with Crippen LogP contribution in [0.25, 0.3) is 0 Å². The van der Waals surface area contributed by atoms with E-state index < -0.39 is 0 Å². The first kappa shape index (κ1) is 10.5. The molecule has 0 saturated heterocycles. The molecule has 0 aromatic rings. The maximum Gasteiger partial charge on any atom is -0.0139 e. The average Bonchev–Trinajstić information content (AvgIpc) is 2.06. The van der Waals surface area contributed by atoms with Crippen molar-refractivity contribution in [1.82, 2.24) is 0 Å². The van der Waals surface area contributed by atoms with Gasteiger partial charge in [0.05, 0.1) is 0 Å². The molecule has 0 aromatic heterocycles. The molecule has 0 bridgehead atoms. The first-order valence-corrected chi connectivity index (χ1v) is 4.54. The second-order valence-electron chi connectivity index (χ2n) is 2.91. The van der Waals surface area contributed by atoms with Crippen LogP contribution in [0.4, 0.5) is 0 Å². The maximum atomic E-state index is 2.36. The lowest BCUT2D eigenvalue weighted by molar-refractivity contribution is 0.957. The highest BCUT2D eigenvalue weighted by Gasteiger charge is 1.89. The van der Waals surface area contributed by atoms with Crippen molar-refractivity contribution < 1.29 is 0 Å². The van der Waals surface area contributed by atoms with Crippen LogP contribution in [-0.4, -0.2) is 0 Å². The molecule has 0 aliphatic rings. The van der Waals surface area contributed by atoms with E-state index in [2.05, 4.69) is 39.8 Å². The zero-order valence-corrected chi connectivity index (χ0v) is 8.28. The molecule has 0 unspecified atom stereocenters. The summed E-state index contributed by atoms with van der Waals surface area (Å²) < 4.78 is 0. The van der Waals surface area contributed by atoms with Gasteiger partial charge in [-0.25, -0.2) is 0 Å². The van der Waals surface area contributed by atoms with Gasteiger partial charge >= 0.3 is 0 Å². The minimum atomic E-state index is 1.13. The van der Waals surface area contributed by atoms with E-state index in [1.165, 1.54) is 18.4 Å². The summed E-state index contributed by atoms with van der Waals surface area (Å²) in [6.07, 6.45) is 8.07. The van der Waals surface area contributed by atoms with Crippen LogP contribution in [-0.2, 0) is 0 Å². The number of allylic oxidation sites excluding steroid dienone is 4. The summed E-state index contributed by atoms with van der Waals surface area (Å²) in [7, 11) is 0. The zero-order valence-electron chi connectivity index (χ0n) is 8.28. The third-order valence-electron chi connectivity index (χ3n) is 2.11. The molecule has 0 heterocycles. The fraction of sp³-hybridized carbons (Fsp3) is 0.636. The lowest BCUT2D eigenvalue weighted by atomic mass is 10.1. The lowest BCUT2D eigenvalue weighted by Crippen LogP contribution is -1.79. The van der Waals surface area contributed by atoms with Crippen molar-refractivity contribution in [2.24, 2.45) is 0 Å². The molecule has 0 aliphatic carbocycles. The normalized spacial score (nSPS) is 11.5. The molecule has 64 valence electrons. The van der Waals surface area contributed by atoms with Crippen LogP contribution >= 0.6 is 0 Å². The highest BCUT2D eigenvalue weighted by Crippen LogP contribution is 2.09. The molecular formula is C11H20. The van der Waals surface area contributed by atoms with Crippen LogP contribution in [0.2, 0.25) is 0 Å². The standard InChI is InChI=1S/C11H20/c1-5-10(4)8-9-11(6-2)7-3/h5,9H,6-8H2,1-4H3. The van der Waals surface area contributed by atoms with Crippen LogP contribution in [0.1, 0.15) is 47.0 Å². The van der Waals surface area contributed by atoms with Crippen molar-refractivity contribution in [3.05, 3.63) is 23.3 Å². The predicted octanol–water partition coefficient (Wildman–Crippen LogP) is 4.09. The van der Waals surface area contributed by atoms with E-state index in [0.717, 1.165) is 6.42 Å². The molecular weight excluding hydrogens is 132 g/mol. The molecule has 0 heteroatoms. The number of rotatable bonds is 4. The summed E-state index contributed by atoms with van der Waals surface area (Å²) in [5, 5.41) is 0. The second kappa shape index (κ2) is 6.21. The monoisotopic (exact) mass is 152 g/mol. The second-order valence-corrected chi connectivity index (χ2v) is 2.91. The fourth-order valence-corrected chi connectivity index (χ4v) is 0.962. The Morgan fingerprint density at radius 1 is 1.18 bits per heavy atom. The summed E-state index contributed by atoms with van der Waals surface area (Å²) in [5.74, 6) is 0. The Morgan fingerprint density at radius 2 is 1.73 bits per heavy atom. The quantitative estimate of drug-likeness (QED) is 0.532. The minimum absolute atomic E-state index is 1.13. The maximum absolute atomic E-state index is 2.36. The van der Waals surface area contributed by atoms with Gasteiger partial charge in [-0.05, 0) is 33.1 Å². The minimum Gasteiger partial charge on any atom is -0.0884 e. The van der Waals surface area contributed by atoms with E-state index in [-0.39, 0.29) is 0 Å². The van der Waals surface area contributed by atoms with E-state index in [4.69, 9.17) is 0 Å². The molecule has 0 saturated carbocycles. The molecule has 0 rings (SSSR count). The third-order valence-corrected chi connectivity index (χ3v) is 2.11. The van der Waals surface area contributed by atoms with Crippen molar-refractivity contribution >= 4 is 0 Å². The van der Waals surface area contributed by atoms with Gasteiger partial charge in [0.1, 0.15) is 0 Å². The topological polar surface area (TPSA) is 0 Å². The highest BCUT2D eigenvalue weighted by atomic mass is 14.0. The van der Waals surface area contributed by atoms with E-state index in [0.29, 0.717) is 0 Å². The Hall–Kier alpha value is -0.520. The molecule has 0 fully saturated rings. The lowest BCUT2D eigenvalue weighted by Gasteiger charge is -1.99. The largest absolute Gasteiger partial charge is 0.0884 e. The van der Waals surface area contributed by atoms with Crippen molar-refractivity contribution in [3.8, 4) is 0 Å². The Balaban J connectivity index is 3.88. The summed E-state index contributed by atoms with van der Waals surface area (Å²) in [6.45, 7) is 8.72. The third kappa shape index (κ3) is 4.83. The summed E-state index contributed by atoms with van der Waals surface area (Å²) in [4.78, 5) is 0. The van der Waals surface area contributed by atoms with Crippen LogP contribution in [0.3, 0.4) is 0 Å². The fourth-order valence-electron chi connectivity index (χ4n) is 0.962. The van der Waals surface area contributed by atoms with Crippen molar-refractivity contribution in [2.45, 2.75) is 47.0 Å². The van der Waals surface area contributed by atoms with E-state index in [9.17, 15) is 0 Å². The molecule has 0 aliphatic heterocycles. The van der Waals surface area contributed by atoms with Gasteiger partial charge in [-0.15, -0.1) is 0 Å². The summed E-state index contributed by atoms with van der Waals surface area (Å²) in [6, 6.07) is 0. The number of hydrogen-bond donors (Lipinski definition) is 0. The van der Waals surface area contributed by atoms with Crippen molar-refractivity contribution in [1.29, 1.82) is 0 Å². The Labute approximate surface area is 71.0 Å².